The van der Waals surface area contributed by atoms with Gasteiger partial charge in [0, 0.05) is 31.6 Å². The number of aromatic nitrogens is 2. The van der Waals surface area contributed by atoms with Crippen molar-refractivity contribution in [2.75, 3.05) is 36.8 Å². The van der Waals surface area contributed by atoms with Gasteiger partial charge in [-0.1, -0.05) is 6.92 Å². The van der Waals surface area contributed by atoms with Crippen LogP contribution in [0.5, 0.6) is 0 Å². The Hall–Kier alpha value is -1.82. The summed E-state index contributed by atoms with van der Waals surface area (Å²) < 4.78 is 6.18. The molecule has 3 N–H and O–H groups in total. The van der Waals surface area contributed by atoms with E-state index >= 15 is 0 Å². The summed E-state index contributed by atoms with van der Waals surface area (Å²) in [6.07, 6.45) is 4.30. The van der Waals surface area contributed by atoms with Crippen molar-refractivity contribution < 1.29 is 4.42 Å². The lowest BCUT2D eigenvalue weighted by molar-refractivity contribution is 0.438. The van der Waals surface area contributed by atoms with Crippen molar-refractivity contribution in [1.29, 1.82) is 0 Å². The summed E-state index contributed by atoms with van der Waals surface area (Å²) in [5.74, 6) is 2.98. The molecule has 22 heavy (non-hydrogen) atoms. The SMILES string of the molecule is CC1CCc2oc3c(N4CCCNCC4)nc(N)nc3c2C1. The highest BCUT2D eigenvalue weighted by atomic mass is 16.3. The van der Waals surface area contributed by atoms with E-state index in [1.807, 2.05) is 0 Å². The molecule has 0 spiro atoms. The number of furan rings is 1. The van der Waals surface area contributed by atoms with Gasteiger partial charge in [-0.2, -0.15) is 4.98 Å². The lowest BCUT2D eigenvalue weighted by Crippen LogP contribution is -2.29. The average molecular weight is 301 g/mol. The fraction of sp³-hybridized carbons (Fsp3) is 0.625. The summed E-state index contributed by atoms with van der Waals surface area (Å²) in [6, 6.07) is 0. The number of aryl methyl sites for hydroxylation is 1. The van der Waals surface area contributed by atoms with Crippen LogP contribution in [0.1, 0.15) is 31.1 Å². The quantitative estimate of drug-likeness (QED) is 0.835. The van der Waals surface area contributed by atoms with Crippen LogP contribution in [0.25, 0.3) is 11.1 Å². The van der Waals surface area contributed by atoms with Crippen LogP contribution >= 0.6 is 0 Å². The van der Waals surface area contributed by atoms with Gasteiger partial charge >= 0.3 is 0 Å². The molecular weight excluding hydrogens is 278 g/mol. The van der Waals surface area contributed by atoms with Gasteiger partial charge in [0.2, 0.25) is 5.95 Å². The fourth-order valence-electron chi connectivity index (χ4n) is 3.58. The minimum absolute atomic E-state index is 0.349. The number of hydrogen-bond donors (Lipinski definition) is 2. The van der Waals surface area contributed by atoms with Gasteiger partial charge < -0.3 is 20.4 Å². The molecule has 118 valence electrons. The van der Waals surface area contributed by atoms with Crippen LogP contribution in [0.15, 0.2) is 4.42 Å². The first-order valence-electron chi connectivity index (χ1n) is 8.26. The first kappa shape index (κ1) is 13.8. The molecule has 0 bridgehead atoms. The molecule has 0 amide bonds. The summed E-state index contributed by atoms with van der Waals surface area (Å²) in [4.78, 5) is 11.3. The minimum Gasteiger partial charge on any atom is -0.455 e. The molecule has 6 heteroatoms. The summed E-state index contributed by atoms with van der Waals surface area (Å²) >= 11 is 0. The summed E-state index contributed by atoms with van der Waals surface area (Å²) in [5, 5.41) is 3.42. The van der Waals surface area contributed by atoms with Crippen LogP contribution in [-0.4, -0.2) is 36.1 Å². The Balaban J connectivity index is 1.84. The maximum absolute atomic E-state index is 6.18. The van der Waals surface area contributed by atoms with Crippen molar-refractivity contribution in [3.63, 3.8) is 0 Å². The molecule has 1 fully saturated rings. The molecule has 1 saturated heterocycles. The van der Waals surface area contributed by atoms with Crippen molar-refractivity contribution in [2.24, 2.45) is 5.92 Å². The first-order chi connectivity index (χ1) is 10.7. The van der Waals surface area contributed by atoms with Crippen LogP contribution in [0.3, 0.4) is 0 Å². The van der Waals surface area contributed by atoms with Crippen LogP contribution in [-0.2, 0) is 12.8 Å². The highest BCUT2D eigenvalue weighted by molar-refractivity contribution is 5.88. The summed E-state index contributed by atoms with van der Waals surface area (Å²) in [6.45, 7) is 6.19. The molecule has 2 aromatic rings. The number of nitrogens with one attached hydrogen (secondary N) is 1. The normalized spacial score (nSPS) is 22.6. The maximum Gasteiger partial charge on any atom is 0.222 e. The fourth-order valence-corrected chi connectivity index (χ4v) is 3.58. The Kier molecular flexibility index (Phi) is 3.41. The number of fused-ring (bicyclic) bond motifs is 3. The molecule has 2 aliphatic rings. The zero-order valence-electron chi connectivity index (χ0n) is 13.1. The van der Waals surface area contributed by atoms with Gasteiger partial charge in [0.25, 0.3) is 0 Å². The van der Waals surface area contributed by atoms with Crippen LogP contribution < -0.4 is 16.0 Å². The number of nitrogens with zero attached hydrogens (tertiary/aromatic N) is 3. The van der Waals surface area contributed by atoms with Gasteiger partial charge in [-0.3, -0.25) is 0 Å². The summed E-state index contributed by atoms with van der Waals surface area (Å²) in [7, 11) is 0. The van der Waals surface area contributed by atoms with Crippen molar-refractivity contribution in [2.45, 2.75) is 32.6 Å². The van der Waals surface area contributed by atoms with Gasteiger partial charge in [0.05, 0.1) is 0 Å². The van der Waals surface area contributed by atoms with Gasteiger partial charge in [0.15, 0.2) is 11.4 Å². The number of nitrogens with two attached hydrogens (primary N) is 1. The molecule has 0 saturated carbocycles. The second-order valence-electron chi connectivity index (χ2n) is 6.53. The van der Waals surface area contributed by atoms with E-state index in [4.69, 9.17) is 10.2 Å². The Morgan fingerprint density at radius 1 is 1.27 bits per heavy atom. The van der Waals surface area contributed by atoms with Crippen LogP contribution in [0.4, 0.5) is 11.8 Å². The second-order valence-corrected chi connectivity index (χ2v) is 6.53. The smallest absolute Gasteiger partial charge is 0.222 e. The molecule has 2 aromatic heterocycles. The zero-order chi connectivity index (χ0) is 15.1. The largest absolute Gasteiger partial charge is 0.455 e. The molecule has 6 nitrogen and oxygen atoms in total. The van der Waals surface area contributed by atoms with E-state index in [-0.39, 0.29) is 0 Å². The monoisotopic (exact) mass is 301 g/mol. The second kappa shape index (κ2) is 5.43. The molecule has 1 unspecified atom stereocenters. The van der Waals surface area contributed by atoms with Gasteiger partial charge in [-0.15, -0.1) is 0 Å². The Morgan fingerprint density at radius 2 is 2.18 bits per heavy atom. The molecule has 4 rings (SSSR count). The van der Waals surface area contributed by atoms with Crippen molar-refractivity contribution in [3.8, 4) is 0 Å². The third-order valence-corrected chi connectivity index (χ3v) is 4.77. The molecule has 1 atom stereocenters. The van der Waals surface area contributed by atoms with Gasteiger partial charge in [-0.25, -0.2) is 4.98 Å². The predicted molar refractivity (Wildman–Crippen MR) is 87.1 cm³/mol. The average Bonchev–Trinajstić information content (AvgIpc) is 2.70. The van der Waals surface area contributed by atoms with Crippen molar-refractivity contribution in [1.82, 2.24) is 15.3 Å². The lowest BCUT2D eigenvalue weighted by Gasteiger charge is -2.21. The van der Waals surface area contributed by atoms with Gasteiger partial charge in [-0.05, 0) is 31.7 Å². The third kappa shape index (κ3) is 2.31. The number of nitrogen functional groups attached to an aromatic ring is 1. The van der Waals surface area contributed by atoms with E-state index in [0.29, 0.717) is 11.9 Å². The van der Waals surface area contributed by atoms with Crippen LogP contribution in [0.2, 0.25) is 0 Å². The van der Waals surface area contributed by atoms with E-state index in [1.54, 1.807) is 0 Å². The molecule has 0 radical (unpaired) electrons. The lowest BCUT2D eigenvalue weighted by atomic mass is 9.89. The van der Waals surface area contributed by atoms with E-state index < -0.39 is 0 Å². The maximum atomic E-state index is 6.18. The van der Waals surface area contributed by atoms with Gasteiger partial charge in [0.1, 0.15) is 11.3 Å². The zero-order valence-corrected chi connectivity index (χ0v) is 13.1. The highest BCUT2D eigenvalue weighted by Gasteiger charge is 2.27. The molecule has 1 aliphatic heterocycles. The number of rotatable bonds is 1. The van der Waals surface area contributed by atoms with Crippen molar-refractivity contribution >= 4 is 22.9 Å². The number of anilines is 2. The topological polar surface area (TPSA) is 80.2 Å². The summed E-state index contributed by atoms with van der Waals surface area (Å²) in [5.41, 5.74) is 9.00. The van der Waals surface area contributed by atoms with E-state index in [1.165, 1.54) is 12.0 Å². The Bertz CT molecular complexity index is 687. The Morgan fingerprint density at radius 3 is 3.09 bits per heavy atom. The van der Waals surface area contributed by atoms with E-state index in [2.05, 4.69) is 27.1 Å². The minimum atomic E-state index is 0.349. The standard InChI is InChI=1S/C16H23N5O/c1-10-3-4-12-11(9-10)13-14(22-12)15(20-16(17)19-13)21-7-2-5-18-6-8-21/h10,18H,2-9H2,1H3,(H2,17,19,20). The van der Waals surface area contributed by atoms with E-state index in [0.717, 1.165) is 68.1 Å². The third-order valence-electron chi connectivity index (χ3n) is 4.77. The van der Waals surface area contributed by atoms with Crippen LogP contribution in [0, 0.1) is 5.92 Å². The molecule has 3 heterocycles. The molecule has 0 aromatic carbocycles. The molecular formula is C16H23N5O. The number of hydrogen-bond acceptors (Lipinski definition) is 6. The molecule has 1 aliphatic carbocycles. The van der Waals surface area contributed by atoms with Crippen molar-refractivity contribution in [3.05, 3.63) is 11.3 Å². The first-order valence-corrected chi connectivity index (χ1v) is 8.26. The predicted octanol–water partition coefficient (Wildman–Crippen LogP) is 1.73. The highest BCUT2D eigenvalue weighted by Crippen LogP contribution is 2.37. The van der Waals surface area contributed by atoms with E-state index in [9.17, 15) is 0 Å². The Labute approximate surface area is 130 Å².